The highest BCUT2D eigenvalue weighted by molar-refractivity contribution is 14.1. The van der Waals surface area contributed by atoms with E-state index in [1.165, 1.54) is 24.2 Å². The third-order valence-corrected chi connectivity index (χ3v) is 5.09. The first-order valence-corrected chi connectivity index (χ1v) is 7.91. The van der Waals surface area contributed by atoms with Crippen LogP contribution in [0.4, 0.5) is 0 Å². The van der Waals surface area contributed by atoms with Crippen LogP contribution in [0.25, 0.3) is 10.8 Å². The Labute approximate surface area is 122 Å². The first-order chi connectivity index (χ1) is 8.75. The largest absolute Gasteiger partial charge is 0.304 e. The zero-order chi connectivity index (χ0) is 12.5. The molecule has 1 aliphatic carbocycles. The van der Waals surface area contributed by atoms with E-state index < -0.39 is 0 Å². The summed E-state index contributed by atoms with van der Waals surface area (Å²) in [6, 6.07) is 0. The number of thiazole rings is 1. The second-order valence-corrected chi connectivity index (χ2v) is 6.41. The smallest absolute Gasteiger partial charge is 0.264 e. The monoisotopic (exact) mass is 373 g/mol. The highest BCUT2D eigenvalue weighted by atomic mass is 127. The average molecular weight is 373 g/mol. The van der Waals surface area contributed by atoms with Crippen LogP contribution >= 0.6 is 33.9 Å². The van der Waals surface area contributed by atoms with Gasteiger partial charge in [-0.3, -0.25) is 4.79 Å². The third-order valence-electron chi connectivity index (χ3n) is 3.27. The summed E-state index contributed by atoms with van der Waals surface area (Å²) in [4.78, 5) is 23.7. The normalized spacial score (nSPS) is 16.3. The lowest BCUT2D eigenvalue weighted by molar-refractivity contribution is 0.687. The lowest BCUT2D eigenvalue weighted by Crippen LogP contribution is -2.17. The van der Waals surface area contributed by atoms with Crippen molar-refractivity contribution in [2.45, 2.75) is 31.6 Å². The molecule has 1 saturated carbocycles. The Morgan fingerprint density at radius 2 is 2.17 bits per heavy atom. The maximum absolute atomic E-state index is 12.0. The van der Waals surface area contributed by atoms with Gasteiger partial charge in [-0.2, -0.15) is 0 Å². The molecular weight excluding hydrogens is 361 g/mol. The first-order valence-electron chi connectivity index (χ1n) is 5.95. The summed E-state index contributed by atoms with van der Waals surface area (Å²) in [5.41, 5.74) is 0.916. The number of hydrogen-bond donors (Lipinski definition) is 1. The van der Waals surface area contributed by atoms with Crippen molar-refractivity contribution in [3.8, 4) is 10.8 Å². The van der Waals surface area contributed by atoms with Gasteiger partial charge in [0.05, 0.1) is 5.69 Å². The molecule has 0 aromatic carbocycles. The Balaban J connectivity index is 2.10. The summed E-state index contributed by atoms with van der Waals surface area (Å²) in [5, 5.41) is 2.67. The molecule has 0 amide bonds. The van der Waals surface area contributed by atoms with Crippen molar-refractivity contribution < 1.29 is 0 Å². The highest BCUT2D eigenvalue weighted by Crippen LogP contribution is 2.35. The van der Waals surface area contributed by atoms with Gasteiger partial charge in [-0.05, 0) is 35.4 Å². The fraction of sp³-hybridized carbons (Fsp3) is 0.417. The van der Waals surface area contributed by atoms with Crippen LogP contribution in [0.3, 0.4) is 0 Å². The van der Waals surface area contributed by atoms with E-state index in [1.54, 1.807) is 6.20 Å². The van der Waals surface area contributed by atoms with Crippen LogP contribution in [-0.2, 0) is 0 Å². The molecule has 94 valence electrons. The molecule has 2 aromatic heterocycles. The molecule has 0 saturated heterocycles. The fourth-order valence-electron chi connectivity index (χ4n) is 2.39. The predicted molar refractivity (Wildman–Crippen MR) is 79.9 cm³/mol. The first kappa shape index (κ1) is 12.3. The molecule has 2 aromatic rings. The van der Waals surface area contributed by atoms with Gasteiger partial charge >= 0.3 is 0 Å². The number of nitrogens with one attached hydrogen (secondary N) is 1. The van der Waals surface area contributed by atoms with Crippen LogP contribution < -0.4 is 5.56 Å². The minimum Gasteiger partial charge on any atom is -0.304 e. The van der Waals surface area contributed by atoms with Crippen LogP contribution in [0.15, 0.2) is 16.4 Å². The van der Waals surface area contributed by atoms with Gasteiger partial charge in [0, 0.05) is 17.5 Å². The summed E-state index contributed by atoms with van der Waals surface area (Å²) < 4.78 is 0.736. The van der Waals surface area contributed by atoms with Gasteiger partial charge in [0.15, 0.2) is 10.8 Å². The number of aromatic amines is 1. The molecule has 0 radical (unpaired) electrons. The van der Waals surface area contributed by atoms with E-state index >= 15 is 0 Å². The summed E-state index contributed by atoms with van der Waals surface area (Å²) in [6.07, 6.45) is 6.49. The van der Waals surface area contributed by atoms with Gasteiger partial charge in [-0.15, -0.1) is 11.3 Å². The molecule has 18 heavy (non-hydrogen) atoms. The fourth-order valence-corrected chi connectivity index (χ4v) is 3.66. The molecule has 0 spiro atoms. The Kier molecular flexibility index (Phi) is 3.47. The summed E-state index contributed by atoms with van der Waals surface area (Å²) in [7, 11) is 0. The van der Waals surface area contributed by atoms with Gasteiger partial charge in [-0.1, -0.05) is 12.8 Å². The number of nitrogens with zero attached hydrogens (tertiary/aromatic N) is 2. The number of aromatic nitrogens is 3. The molecule has 1 aliphatic rings. The third kappa shape index (κ3) is 2.23. The van der Waals surface area contributed by atoms with Gasteiger partial charge < -0.3 is 4.98 Å². The molecule has 0 unspecified atom stereocenters. The highest BCUT2D eigenvalue weighted by Gasteiger charge is 2.23. The predicted octanol–water partition coefficient (Wildman–Crippen LogP) is 3.16. The Morgan fingerprint density at radius 3 is 2.83 bits per heavy atom. The maximum atomic E-state index is 12.0. The van der Waals surface area contributed by atoms with Crippen molar-refractivity contribution in [2.75, 3.05) is 0 Å². The van der Waals surface area contributed by atoms with Crippen LogP contribution in [-0.4, -0.2) is 15.0 Å². The molecule has 1 N–H and O–H groups in total. The number of hydrogen-bond acceptors (Lipinski definition) is 4. The van der Waals surface area contributed by atoms with Gasteiger partial charge in [-0.25, -0.2) is 9.97 Å². The summed E-state index contributed by atoms with van der Waals surface area (Å²) >= 11 is 3.60. The van der Waals surface area contributed by atoms with Crippen LogP contribution in [0, 0.1) is 3.57 Å². The number of halogens is 1. The van der Waals surface area contributed by atoms with E-state index in [0.29, 0.717) is 11.7 Å². The second kappa shape index (κ2) is 5.08. The molecule has 0 atom stereocenters. The van der Waals surface area contributed by atoms with Crippen LogP contribution in [0.2, 0.25) is 0 Å². The lowest BCUT2D eigenvalue weighted by atomic mass is 10.0. The van der Waals surface area contributed by atoms with E-state index in [0.717, 1.165) is 27.1 Å². The van der Waals surface area contributed by atoms with Gasteiger partial charge in [0.1, 0.15) is 3.57 Å². The summed E-state index contributed by atoms with van der Waals surface area (Å²) in [6.45, 7) is 0. The molecule has 0 bridgehead atoms. The topological polar surface area (TPSA) is 58.6 Å². The van der Waals surface area contributed by atoms with Gasteiger partial charge in [0.2, 0.25) is 0 Å². The van der Waals surface area contributed by atoms with Crippen molar-refractivity contribution in [3.05, 3.63) is 31.2 Å². The van der Waals surface area contributed by atoms with E-state index in [2.05, 4.69) is 37.5 Å². The second-order valence-electron chi connectivity index (χ2n) is 4.43. The zero-order valence-corrected chi connectivity index (χ0v) is 12.6. The Hall–Kier alpha value is -0.760. The SMILES string of the molecule is O=c1[nH]c(-c2nccs2)nc(C2CCCC2)c1I. The van der Waals surface area contributed by atoms with Crippen molar-refractivity contribution in [3.63, 3.8) is 0 Å². The molecular formula is C12H12IN3OS. The van der Waals surface area contributed by atoms with Crippen molar-refractivity contribution in [1.82, 2.24) is 15.0 Å². The van der Waals surface area contributed by atoms with E-state index in [1.807, 2.05) is 5.38 Å². The molecule has 2 heterocycles. The van der Waals surface area contributed by atoms with E-state index in [-0.39, 0.29) is 5.56 Å². The minimum absolute atomic E-state index is 0.0438. The number of rotatable bonds is 2. The zero-order valence-electron chi connectivity index (χ0n) is 9.65. The maximum Gasteiger partial charge on any atom is 0.264 e. The van der Waals surface area contributed by atoms with Crippen molar-refractivity contribution in [2.24, 2.45) is 0 Å². The molecule has 1 fully saturated rings. The quantitative estimate of drug-likeness (QED) is 0.823. The minimum atomic E-state index is -0.0438. The molecule has 4 nitrogen and oxygen atoms in total. The Morgan fingerprint density at radius 1 is 1.39 bits per heavy atom. The lowest BCUT2D eigenvalue weighted by Gasteiger charge is -2.11. The Bertz CT molecular complexity index is 602. The van der Waals surface area contributed by atoms with E-state index in [4.69, 9.17) is 0 Å². The van der Waals surface area contributed by atoms with Gasteiger partial charge in [0.25, 0.3) is 5.56 Å². The van der Waals surface area contributed by atoms with Crippen LogP contribution in [0.5, 0.6) is 0 Å². The van der Waals surface area contributed by atoms with E-state index in [9.17, 15) is 4.79 Å². The standard InChI is InChI=1S/C12H12IN3OS/c13-8-9(7-3-1-2-4-7)15-10(16-11(8)17)12-14-5-6-18-12/h5-7H,1-4H2,(H,15,16,17). The van der Waals surface area contributed by atoms with Crippen LogP contribution in [0.1, 0.15) is 37.3 Å². The van der Waals surface area contributed by atoms with Crippen molar-refractivity contribution >= 4 is 33.9 Å². The molecule has 0 aliphatic heterocycles. The molecule has 6 heteroatoms. The molecule has 3 rings (SSSR count). The summed E-state index contributed by atoms with van der Waals surface area (Å²) in [5.74, 6) is 1.05. The average Bonchev–Trinajstić information content (AvgIpc) is 3.03. The number of H-pyrrole nitrogens is 1. The van der Waals surface area contributed by atoms with Crippen molar-refractivity contribution in [1.29, 1.82) is 0 Å².